The molecule has 0 saturated heterocycles. The summed E-state index contributed by atoms with van der Waals surface area (Å²) in [5, 5.41) is 35.6. The summed E-state index contributed by atoms with van der Waals surface area (Å²) in [5.41, 5.74) is 1.13. The molecule has 11 heteroatoms. The van der Waals surface area contributed by atoms with Gasteiger partial charge in [0.1, 0.15) is 0 Å². The molecule has 0 aromatic heterocycles. The molecule has 0 bridgehead atoms. The van der Waals surface area contributed by atoms with Crippen LogP contribution in [0.3, 0.4) is 0 Å². The molecule has 0 unspecified atom stereocenters. The number of amides is 1. The molecule has 0 fully saturated rings. The number of hydrogen-bond donors (Lipinski definition) is 2. The molecule has 2 rings (SSSR count). The highest BCUT2D eigenvalue weighted by Crippen LogP contribution is 2.33. The van der Waals surface area contributed by atoms with Crippen LogP contribution in [-0.4, -0.2) is 27.1 Å². The second-order valence-electron chi connectivity index (χ2n) is 5.01. The Hall–Kier alpha value is -3.53. The number of hydrogen-bond acceptors (Lipinski definition) is 7. The second-order valence-corrected chi connectivity index (χ2v) is 5.45. The number of halogens is 1. The van der Waals surface area contributed by atoms with Crippen LogP contribution in [0.1, 0.15) is 11.1 Å². The molecule has 2 N–H and O–H groups in total. The minimum Gasteiger partial charge on any atom is -0.502 e. The van der Waals surface area contributed by atoms with Gasteiger partial charge in [0.05, 0.1) is 34.1 Å². The normalized spacial score (nSPS) is 10.7. The average molecular weight is 379 g/mol. The van der Waals surface area contributed by atoms with Crippen molar-refractivity contribution in [2.75, 3.05) is 0 Å². The highest BCUT2D eigenvalue weighted by Gasteiger charge is 2.23. The number of hydrazone groups is 1. The number of nitro benzene ring substituents is 2. The Labute approximate surface area is 151 Å². The van der Waals surface area contributed by atoms with Gasteiger partial charge in [0.25, 0.3) is 5.69 Å². The fourth-order valence-electron chi connectivity index (χ4n) is 1.97. The van der Waals surface area contributed by atoms with Crippen molar-refractivity contribution in [3.63, 3.8) is 0 Å². The maximum Gasteiger partial charge on any atom is 0.318 e. The Kier molecular flexibility index (Phi) is 5.81. The van der Waals surface area contributed by atoms with Gasteiger partial charge < -0.3 is 5.11 Å². The minimum absolute atomic E-state index is 0.00439. The van der Waals surface area contributed by atoms with E-state index in [0.29, 0.717) is 16.7 Å². The molecule has 10 nitrogen and oxygen atoms in total. The number of phenols is 1. The lowest BCUT2D eigenvalue weighted by molar-refractivity contribution is -0.394. The zero-order valence-corrected chi connectivity index (χ0v) is 13.7. The van der Waals surface area contributed by atoms with E-state index < -0.39 is 32.9 Å². The van der Waals surface area contributed by atoms with Crippen molar-refractivity contribution in [2.24, 2.45) is 5.10 Å². The van der Waals surface area contributed by atoms with Crippen LogP contribution in [0.15, 0.2) is 41.5 Å². The number of rotatable bonds is 6. The summed E-state index contributed by atoms with van der Waals surface area (Å²) in [7, 11) is 0. The van der Waals surface area contributed by atoms with Crippen molar-refractivity contribution in [1.29, 1.82) is 0 Å². The predicted molar refractivity (Wildman–Crippen MR) is 92.3 cm³/mol. The van der Waals surface area contributed by atoms with Crippen LogP contribution in [-0.2, 0) is 11.2 Å². The molecule has 0 aliphatic heterocycles. The molecule has 0 aliphatic carbocycles. The molecular formula is C15H11ClN4O6. The lowest BCUT2D eigenvalue weighted by atomic mass is 10.1. The molecule has 2 aromatic rings. The van der Waals surface area contributed by atoms with E-state index in [4.69, 9.17) is 11.6 Å². The summed E-state index contributed by atoms with van der Waals surface area (Å²) >= 11 is 5.74. The molecule has 0 saturated carbocycles. The third-order valence-electron chi connectivity index (χ3n) is 3.18. The van der Waals surface area contributed by atoms with Crippen LogP contribution >= 0.6 is 11.6 Å². The van der Waals surface area contributed by atoms with E-state index >= 15 is 0 Å². The zero-order valence-electron chi connectivity index (χ0n) is 13.0. The lowest BCUT2D eigenvalue weighted by Crippen LogP contribution is -2.19. The Balaban J connectivity index is 2.14. The molecule has 134 valence electrons. The first-order valence-electron chi connectivity index (χ1n) is 7.00. The van der Waals surface area contributed by atoms with Crippen molar-refractivity contribution >= 4 is 35.1 Å². The fraction of sp³-hybridized carbons (Fsp3) is 0.0667. The summed E-state index contributed by atoms with van der Waals surface area (Å²) in [6.45, 7) is 0. The Bertz CT molecular complexity index is 898. The number of nitrogens with zero attached hydrogens (tertiary/aromatic N) is 3. The van der Waals surface area contributed by atoms with E-state index in [1.807, 2.05) is 0 Å². The van der Waals surface area contributed by atoms with Gasteiger partial charge in [-0.3, -0.25) is 25.0 Å². The maximum atomic E-state index is 11.8. The number of non-ortho nitro benzene ring substituents is 1. The van der Waals surface area contributed by atoms with Gasteiger partial charge in [-0.05, 0) is 17.7 Å². The number of nitro groups is 2. The SMILES string of the molecule is O=C(Cc1ccc(Cl)cc1)N/N=C\c1cc([N+](=O)[O-])cc([N+](=O)[O-])c1O. The first-order chi connectivity index (χ1) is 12.3. The Morgan fingerprint density at radius 2 is 1.85 bits per heavy atom. The quantitative estimate of drug-likeness (QED) is 0.448. The van der Waals surface area contributed by atoms with E-state index in [0.717, 1.165) is 12.3 Å². The first kappa shape index (κ1) is 18.8. The number of benzene rings is 2. The van der Waals surface area contributed by atoms with E-state index in [9.17, 15) is 30.1 Å². The smallest absolute Gasteiger partial charge is 0.318 e. The maximum absolute atomic E-state index is 11.8. The van der Waals surface area contributed by atoms with Gasteiger partial charge in [-0.2, -0.15) is 5.10 Å². The summed E-state index contributed by atoms with van der Waals surface area (Å²) < 4.78 is 0. The summed E-state index contributed by atoms with van der Waals surface area (Å²) in [6, 6.07) is 8.08. The lowest BCUT2D eigenvalue weighted by Gasteiger charge is -2.02. The minimum atomic E-state index is -0.960. The van der Waals surface area contributed by atoms with Gasteiger partial charge in [-0.15, -0.1) is 0 Å². The van der Waals surface area contributed by atoms with Crippen molar-refractivity contribution < 1.29 is 19.7 Å². The second kappa shape index (κ2) is 8.03. The van der Waals surface area contributed by atoms with Crippen molar-refractivity contribution in [1.82, 2.24) is 5.43 Å². The topological polar surface area (TPSA) is 148 Å². The van der Waals surface area contributed by atoms with Crippen LogP contribution < -0.4 is 5.43 Å². The number of carbonyl (C=O) groups is 1. The van der Waals surface area contributed by atoms with E-state index in [2.05, 4.69) is 10.5 Å². The Morgan fingerprint density at radius 3 is 2.42 bits per heavy atom. The van der Waals surface area contributed by atoms with E-state index in [1.165, 1.54) is 0 Å². The molecule has 1 amide bonds. The molecule has 26 heavy (non-hydrogen) atoms. The van der Waals surface area contributed by atoms with Crippen LogP contribution in [0, 0.1) is 20.2 Å². The third kappa shape index (κ3) is 4.74. The summed E-state index contributed by atoms with van der Waals surface area (Å²) in [4.78, 5) is 31.7. The van der Waals surface area contributed by atoms with Gasteiger partial charge >= 0.3 is 5.69 Å². The number of phenolic OH excluding ortho intramolecular Hbond substituents is 1. The molecule has 0 spiro atoms. The number of aromatic hydroxyl groups is 1. The van der Waals surface area contributed by atoms with Crippen LogP contribution in [0.4, 0.5) is 11.4 Å². The monoisotopic (exact) mass is 378 g/mol. The first-order valence-corrected chi connectivity index (χ1v) is 7.38. The average Bonchev–Trinajstić information content (AvgIpc) is 2.58. The Morgan fingerprint density at radius 1 is 1.19 bits per heavy atom. The standard InChI is InChI=1S/C15H11ClN4O6/c16-11-3-1-9(2-4-11)5-14(21)18-17-8-10-6-12(19(23)24)7-13(15(10)22)20(25)26/h1-4,6-8,22H,5H2,(H,18,21)/b17-8-. The predicted octanol–water partition coefficient (Wildman–Crippen LogP) is 2.55. The fourth-order valence-corrected chi connectivity index (χ4v) is 2.10. The van der Waals surface area contributed by atoms with Crippen molar-refractivity contribution in [3.05, 3.63) is 72.8 Å². The molecule has 0 atom stereocenters. The molecule has 0 radical (unpaired) electrons. The molecular weight excluding hydrogens is 368 g/mol. The highest BCUT2D eigenvalue weighted by molar-refractivity contribution is 6.30. The van der Waals surface area contributed by atoms with Crippen LogP contribution in [0.2, 0.25) is 5.02 Å². The molecule has 0 heterocycles. The van der Waals surface area contributed by atoms with Crippen molar-refractivity contribution in [3.8, 4) is 5.75 Å². The van der Waals surface area contributed by atoms with Gasteiger partial charge in [0.2, 0.25) is 11.7 Å². The van der Waals surface area contributed by atoms with Gasteiger partial charge in [0.15, 0.2) is 0 Å². The van der Waals surface area contributed by atoms with Gasteiger partial charge in [-0.1, -0.05) is 23.7 Å². The molecule has 2 aromatic carbocycles. The van der Waals surface area contributed by atoms with E-state index in [1.54, 1.807) is 24.3 Å². The van der Waals surface area contributed by atoms with Gasteiger partial charge in [0, 0.05) is 11.1 Å². The largest absolute Gasteiger partial charge is 0.502 e. The summed E-state index contributed by atoms with van der Waals surface area (Å²) in [5.74, 6) is -1.29. The van der Waals surface area contributed by atoms with Crippen molar-refractivity contribution in [2.45, 2.75) is 6.42 Å². The van der Waals surface area contributed by atoms with E-state index in [-0.39, 0.29) is 12.0 Å². The van der Waals surface area contributed by atoms with Crippen LogP contribution in [0.5, 0.6) is 5.75 Å². The third-order valence-corrected chi connectivity index (χ3v) is 3.43. The highest BCUT2D eigenvalue weighted by atomic mass is 35.5. The van der Waals surface area contributed by atoms with Crippen LogP contribution in [0.25, 0.3) is 0 Å². The van der Waals surface area contributed by atoms with Gasteiger partial charge in [-0.25, -0.2) is 5.43 Å². The number of carbonyl (C=O) groups excluding carboxylic acids is 1. The number of nitrogens with one attached hydrogen (secondary N) is 1. The molecule has 0 aliphatic rings. The zero-order chi connectivity index (χ0) is 19.3. The summed E-state index contributed by atoms with van der Waals surface area (Å²) in [6.07, 6.45) is 0.880.